The van der Waals surface area contributed by atoms with Gasteiger partial charge in [0.15, 0.2) is 0 Å². The third-order valence-electron chi connectivity index (χ3n) is 10.6. The zero-order chi connectivity index (χ0) is 47.0. The Bertz CT molecular complexity index is 2920. The van der Waals surface area contributed by atoms with E-state index in [9.17, 15) is 19.2 Å². The summed E-state index contributed by atoms with van der Waals surface area (Å²) < 4.78 is 1.60. The summed E-state index contributed by atoms with van der Waals surface area (Å²) in [6, 6.07) is 18.6. The van der Waals surface area contributed by atoms with Crippen LogP contribution < -0.4 is 31.8 Å². The zero-order valence-corrected chi connectivity index (χ0v) is 41.8. The van der Waals surface area contributed by atoms with Crippen molar-refractivity contribution in [1.29, 1.82) is 0 Å². The first kappa shape index (κ1) is 49.7. The lowest BCUT2D eigenvalue weighted by Crippen LogP contribution is -2.33. The molecule has 5 N–H and O–H groups in total. The Balaban J connectivity index is 0.000000180. The van der Waals surface area contributed by atoms with Gasteiger partial charge in [0, 0.05) is 45.4 Å². The molecule has 1 amide bonds. The molecule has 8 rings (SSSR count). The molecule has 4 aromatic heterocycles. The Morgan fingerprint density at radius 2 is 1.11 bits per heavy atom. The number of hydrogen-bond donors (Lipinski definition) is 5. The standard InChI is InChI=1S/C20H23N5O2.C13H16BrN3O.C8H4BrClN2O.C6H14/c1-5-25(10(2)3)20-23-17-12(7-6-8-13(17)18(26)24-20)15-9-14-16(22-15)11(4)21-19(14)27;1-4-17(8(2)3)13-15-11-9(12(18)16-13)6-5-7-10(11)14;9-5-3-1-2-4-6(5)11-8(10)12-7(4)13;1-4-5-6(2)3/h6-11,22H,5H2,1-4H3,(H,21,27)(H,23,24,26);5-8H,4H2,1-3H3,(H,15,16,18);1-3H,(H,11,12,13);6H,4-5H2,1-3H3/t11-;;;/m1.../s1. The molecule has 7 aromatic rings. The lowest BCUT2D eigenvalue weighted by atomic mass is 10.1. The molecule has 0 spiro atoms. The maximum atomic E-state index is 12.7. The van der Waals surface area contributed by atoms with E-state index in [0.717, 1.165) is 44.9 Å². The largest absolute Gasteiger partial charge is 0.356 e. The summed E-state index contributed by atoms with van der Waals surface area (Å²) >= 11 is 12.3. The maximum Gasteiger partial charge on any atom is 0.260 e. The van der Waals surface area contributed by atoms with Crippen molar-refractivity contribution < 1.29 is 4.79 Å². The fourth-order valence-electron chi connectivity index (χ4n) is 7.44. The van der Waals surface area contributed by atoms with Crippen LogP contribution in [0, 0.1) is 5.92 Å². The number of rotatable bonds is 9. The zero-order valence-electron chi connectivity index (χ0n) is 37.9. The van der Waals surface area contributed by atoms with Gasteiger partial charge >= 0.3 is 0 Å². The number of aromatic amines is 4. The predicted molar refractivity (Wildman–Crippen MR) is 269 cm³/mol. The number of para-hydroxylation sites is 3. The van der Waals surface area contributed by atoms with Crippen LogP contribution in [-0.2, 0) is 0 Å². The molecule has 64 heavy (non-hydrogen) atoms. The van der Waals surface area contributed by atoms with Crippen LogP contribution in [0.5, 0.6) is 0 Å². The molecular formula is C47H57Br2ClN10O4. The number of nitrogens with zero attached hydrogens (tertiary/aromatic N) is 5. The van der Waals surface area contributed by atoms with Crippen LogP contribution in [0.1, 0.15) is 104 Å². The molecule has 5 heterocycles. The lowest BCUT2D eigenvalue weighted by Gasteiger charge is -2.25. The summed E-state index contributed by atoms with van der Waals surface area (Å²) in [5.74, 6) is 2.00. The number of carbonyl (C=O) groups is 1. The van der Waals surface area contributed by atoms with E-state index in [2.05, 4.69) is 120 Å². The van der Waals surface area contributed by atoms with Gasteiger partial charge in [0.1, 0.15) is 0 Å². The summed E-state index contributed by atoms with van der Waals surface area (Å²) in [5, 5.41) is 4.65. The second-order valence-electron chi connectivity index (χ2n) is 16.3. The number of halogens is 3. The van der Waals surface area contributed by atoms with E-state index in [4.69, 9.17) is 16.6 Å². The van der Waals surface area contributed by atoms with Crippen LogP contribution in [0.2, 0.25) is 5.28 Å². The minimum atomic E-state index is -0.226. The number of nitrogens with one attached hydrogen (secondary N) is 5. The maximum absolute atomic E-state index is 12.7. The van der Waals surface area contributed by atoms with Gasteiger partial charge < -0.3 is 20.1 Å². The molecule has 0 bridgehead atoms. The second-order valence-corrected chi connectivity index (χ2v) is 18.3. The van der Waals surface area contributed by atoms with E-state index in [-0.39, 0.29) is 46.0 Å². The number of aromatic nitrogens is 7. The Morgan fingerprint density at radius 3 is 1.56 bits per heavy atom. The molecule has 0 saturated heterocycles. The van der Waals surface area contributed by atoms with E-state index in [0.29, 0.717) is 50.2 Å². The van der Waals surface area contributed by atoms with E-state index in [1.165, 1.54) is 12.8 Å². The first-order valence-corrected chi connectivity index (χ1v) is 23.5. The van der Waals surface area contributed by atoms with Gasteiger partial charge in [-0.15, -0.1) is 0 Å². The highest BCUT2D eigenvalue weighted by atomic mass is 79.9. The summed E-state index contributed by atoms with van der Waals surface area (Å²) in [6.45, 7) is 22.6. The molecule has 0 unspecified atom stereocenters. The molecule has 17 heteroatoms. The number of H-pyrrole nitrogens is 4. The molecular weight excluding hydrogens is 964 g/mol. The fraction of sp³-hybridized carbons (Fsp3) is 0.383. The van der Waals surface area contributed by atoms with E-state index >= 15 is 0 Å². The van der Waals surface area contributed by atoms with Gasteiger partial charge in [-0.05, 0) is 134 Å². The SMILES string of the molecule is CCCC(C)C.CCN(c1nc2c(-c3cc4c([nH]3)[C@@H](C)NC4=O)cccc2c(=O)[nH]1)C(C)C.CCN(c1nc2c(Br)cccc2c(=O)[nH]1)C(C)C.O=c1[nH]c(Cl)nc2c(Br)cccc12. The van der Waals surface area contributed by atoms with Gasteiger partial charge in [-0.2, -0.15) is 0 Å². The van der Waals surface area contributed by atoms with Crippen LogP contribution in [-0.4, -0.2) is 66.0 Å². The van der Waals surface area contributed by atoms with E-state index in [1.807, 2.05) is 62.1 Å². The van der Waals surface area contributed by atoms with Crippen LogP contribution in [0.15, 0.2) is 84.0 Å². The summed E-state index contributed by atoms with van der Waals surface area (Å²) in [5.41, 5.74) is 4.55. The van der Waals surface area contributed by atoms with Gasteiger partial charge in [0.2, 0.25) is 17.2 Å². The van der Waals surface area contributed by atoms with Crippen LogP contribution in [0.25, 0.3) is 44.0 Å². The molecule has 340 valence electrons. The first-order chi connectivity index (χ1) is 30.4. The number of fused-ring (bicyclic) bond motifs is 4. The predicted octanol–water partition coefficient (Wildman–Crippen LogP) is 10.7. The van der Waals surface area contributed by atoms with Crippen molar-refractivity contribution in [3.05, 3.63) is 117 Å². The number of carbonyl (C=O) groups excluding carboxylic acids is 1. The Hall–Kier alpha value is -5.32. The van der Waals surface area contributed by atoms with Crippen molar-refractivity contribution in [2.75, 3.05) is 22.9 Å². The number of hydrogen-bond acceptors (Lipinski definition) is 9. The van der Waals surface area contributed by atoms with Gasteiger partial charge in [-0.25, -0.2) is 15.0 Å². The molecule has 14 nitrogen and oxygen atoms in total. The van der Waals surface area contributed by atoms with Crippen LogP contribution >= 0.6 is 43.5 Å². The summed E-state index contributed by atoms with van der Waals surface area (Å²) in [4.78, 5) is 77.1. The second kappa shape index (κ2) is 22.0. The quantitative estimate of drug-likeness (QED) is 0.0877. The van der Waals surface area contributed by atoms with Crippen molar-refractivity contribution in [2.24, 2.45) is 5.92 Å². The molecule has 0 fully saturated rings. The summed E-state index contributed by atoms with van der Waals surface area (Å²) in [7, 11) is 0. The molecule has 0 radical (unpaired) electrons. The van der Waals surface area contributed by atoms with E-state index in [1.54, 1.807) is 24.3 Å². The highest BCUT2D eigenvalue weighted by Gasteiger charge is 2.29. The Morgan fingerprint density at radius 1 is 0.641 bits per heavy atom. The molecule has 1 atom stereocenters. The fourth-order valence-corrected chi connectivity index (χ4v) is 8.52. The van der Waals surface area contributed by atoms with Crippen molar-refractivity contribution in [3.8, 4) is 11.3 Å². The number of amides is 1. The van der Waals surface area contributed by atoms with Crippen LogP contribution in [0.3, 0.4) is 0 Å². The summed E-state index contributed by atoms with van der Waals surface area (Å²) in [6.07, 6.45) is 2.71. The molecule has 0 aliphatic carbocycles. The average Bonchev–Trinajstić information content (AvgIpc) is 3.79. The average molecular weight is 1020 g/mol. The van der Waals surface area contributed by atoms with Gasteiger partial charge in [-0.1, -0.05) is 57.9 Å². The normalized spacial score (nSPS) is 13.0. The monoisotopic (exact) mass is 1020 g/mol. The third-order valence-corrected chi connectivity index (χ3v) is 12.0. The van der Waals surface area contributed by atoms with Crippen LogP contribution in [0.4, 0.5) is 11.9 Å². The Labute approximate surface area is 394 Å². The highest BCUT2D eigenvalue weighted by Crippen LogP contribution is 2.33. The lowest BCUT2D eigenvalue weighted by molar-refractivity contribution is 0.0958. The molecule has 3 aromatic carbocycles. The Kier molecular flexibility index (Phi) is 17.1. The number of anilines is 2. The smallest absolute Gasteiger partial charge is 0.260 e. The first-order valence-electron chi connectivity index (χ1n) is 21.5. The van der Waals surface area contributed by atoms with Crippen molar-refractivity contribution in [2.45, 2.75) is 100 Å². The third kappa shape index (κ3) is 11.5. The number of benzene rings is 3. The molecule has 1 aliphatic heterocycles. The minimum Gasteiger partial charge on any atom is -0.356 e. The minimum absolute atomic E-state index is 0.0559. The van der Waals surface area contributed by atoms with Crippen molar-refractivity contribution in [1.82, 2.24) is 40.2 Å². The highest BCUT2D eigenvalue weighted by molar-refractivity contribution is 9.11. The van der Waals surface area contributed by atoms with Gasteiger partial charge in [-0.3, -0.25) is 34.1 Å². The molecule has 0 saturated carbocycles. The van der Waals surface area contributed by atoms with Crippen molar-refractivity contribution >= 4 is 94.0 Å². The van der Waals surface area contributed by atoms with Gasteiger partial charge in [0.25, 0.3) is 22.6 Å². The molecule has 1 aliphatic rings. The van der Waals surface area contributed by atoms with E-state index < -0.39 is 0 Å². The van der Waals surface area contributed by atoms with Gasteiger partial charge in [0.05, 0.1) is 50.0 Å². The topological polar surface area (TPSA) is 189 Å². The van der Waals surface area contributed by atoms with Crippen molar-refractivity contribution in [3.63, 3.8) is 0 Å².